The summed E-state index contributed by atoms with van der Waals surface area (Å²) in [4.78, 5) is 23.6. The van der Waals surface area contributed by atoms with Gasteiger partial charge in [0.1, 0.15) is 11.6 Å². The molecule has 1 amide bonds. The largest absolute Gasteiger partial charge is 0.436 e. The van der Waals surface area contributed by atoms with E-state index in [0.717, 1.165) is 30.7 Å². The molecule has 3 aromatic rings. The predicted octanol–water partition coefficient (Wildman–Crippen LogP) is 4.57. The number of rotatable bonds is 5. The number of amides is 1. The Kier molecular flexibility index (Phi) is 5.88. The smallest absolute Gasteiger partial charge is 0.263 e. The van der Waals surface area contributed by atoms with Crippen LogP contribution in [0.3, 0.4) is 0 Å². The van der Waals surface area contributed by atoms with E-state index in [1.807, 2.05) is 36.1 Å². The Hall–Kier alpha value is -3.48. The third-order valence-electron chi connectivity index (χ3n) is 5.15. The number of para-hydroxylation sites is 1. The number of anilines is 2. The minimum atomic E-state index is -0.333. The van der Waals surface area contributed by atoms with E-state index in [9.17, 15) is 9.18 Å². The fraction of sp³-hybridized carbons (Fsp3) is 0.261. The number of nitrogens with one attached hydrogen (secondary N) is 1. The van der Waals surface area contributed by atoms with Crippen LogP contribution in [0.15, 0.2) is 60.9 Å². The Labute approximate surface area is 174 Å². The summed E-state index contributed by atoms with van der Waals surface area (Å²) in [6.45, 7) is 3.25. The molecule has 1 aliphatic heterocycles. The zero-order valence-electron chi connectivity index (χ0n) is 16.7. The molecule has 1 fully saturated rings. The maximum atomic E-state index is 13.1. The molecule has 0 saturated carbocycles. The zero-order valence-corrected chi connectivity index (χ0v) is 16.7. The average molecular weight is 406 g/mol. The maximum absolute atomic E-state index is 13.1. The minimum Gasteiger partial charge on any atom is -0.436 e. The summed E-state index contributed by atoms with van der Waals surface area (Å²) in [7, 11) is 0. The quantitative estimate of drug-likeness (QED) is 0.672. The number of carbonyl (C=O) groups excluding carboxylic acids is 1. The van der Waals surface area contributed by atoms with Gasteiger partial charge in [-0.25, -0.2) is 14.4 Å². The number of ether oxygens (including phenoxy) is 1. The molecule has 0 bridgehead atoms. The first-order chi connectivity index (χ1) is 14.6. The molecular weight excluding hydrogens is 383 g/mol. The molecule has 154 valence electrons. The highest BCUT2D eigenvalue weighted by Gasteiger charge is 2.28. The fourth-order valence-electron chi connectivity index (χ4n) is 3.54. The standard InChI is InChI=1S/C23H23FN4O2/c1-16-5-2-3-7-20(16)30-23-21(25-12-13-26-23)28-14-4-6-17(15-28)22(29)27-19-10-8-18(24)9-11-19/h2-3,5,7-13,17H,4,6,14-15H2,1H3,(H,27,29)/t17-/m0/s1. The summed E-state index contributed by atoms with van der Waals surface area (Å²) in [5.74, 6) is 1.14. The van der Waals surface area contributed by atoms with Crippen LogP contribution < -0.4 is 15.0 Å². The lowest BCUT2D eigenvalue weighted by Crippen LogP contribution is -2.41. The first-order valence-corrected chi connectivity index (χ1v) is 9.96. The van der Waals surface area contributed by atoms with Gasteiger partial charge < -0.3 is 15.0 Å². The van der Waals surface area contributed by atoms with Crippen molar-refractivity contribution >= 4 is 17.4 Å². The van der Waals surface area contributed by atoms with Crippen LogP contribution in [0.2, 0.25) is 0 Å². The lowest BCUT2D eigenvalue weighted by molar-refractivity contribution is -0.120. The molecule has 1 aromatic heterocycles. The van der Waals surface area contributed by atoms with Crippen molar-refractivity contribution < 1.29 is 13.9 Å². The maximum Gasteiger partial charge on any atom is 0.263 e. The minimum absolute atomic E-state index is 0.0865. The van der Waals surface area contributed by atoms with E-state index < -0.39 is 0 Å². The van der Waals surface area contributed by atoms with Gasteiger partial charge in [0.15, 0.2) is 5.82 Å². The molecule has 4 rings (SSSR count). The Bertz CT molecular complexity index is 1030. The third-order valence-corrected chi connectivity index (χ3v) is 5.15. The van der Waals surface area contributed by atoms with Gasteiger partial charge in [-0.3, -0.25) is 4.79 Å². The Morgan fingerprint density at radius 3 is 2.70 bits per heavy atom. The molecular formula is C23H23FN4O2. The van der Waals surface area contributed by atoms with Crippen LogP contribution in [-0.2, 0) is 4.79 Å². The number of benzene rings is 2. The lowest BCUT2D eigenvalue weighted by atomic mass is 9.97. The van der Waals surface area contributed by atoms with Crippen LogP contribution in [0.1, 0.15) is 18.4 Å². The average Bonchev–Trinajstić information content (AvgIpc) is 2.77. The van der Waals surface area contributed by atoms with E-state index in [2.05, 4.69) is 15.3 Å². The van der Waals surface area contributed by atoms with Gasteiger partial charge in [0.2, 0.25) is 5.91 Å². The van der Waals surface area contributed by atoms with Crippen molar-refractivity contribution in [3.8, 4) is 11.6 Å². The summed E-state index contributed by atoms with van der Waals surface area (Å²) < 4.78 is 19.1. The van der Waals surface area contributed by atoms with Crippen LogP contribution in [-0.4, -0.2) is 29.0 Å². The molecule has 2 aromatic carbocycles. The van der Waals surface area contributed by atoms with Gasteiger partial charge in [-0.1, -0.05) is 18.2 Å². The summed E-state index contributed by atoms with van der Waals surface area (Å²) in [5.41, 5.74) is 1.59. The number of carbonyl (C=O) groups is 1. The number of aryl methyl sites for hydroxylation is 1. The van der Waals surface area contributed by atoms with Crippen molar-refractivity contribution in [1.29, 1.82) is 0 Å². The summed E-state index contributed by atoms with van der Waals surface area (Å²) in [6.07, 6.45) is 4.85. The van der Waals surface area contributed by atoms with E-state index in [1.165, 1.54) is 12.1 Å². The summed E-state index contributed by atoms with van der Waals surface area (Å²) >= 11 is 0. The highest BCUT2D eigenvalue weighted by Crippen LogP contribution is 2.32. The lowest BCUT2D eigenvalue weighted by Gasteiger charge is -2.33. The van der Waals surface area contributed by atoms with Gasteiger partial charge >= 0.3 is 0 Å². The topological polar surface area (TPSA) is 67.4 Å². The zero-order chi connectivity index (χ0) is 20.9. The molecule has 7 heteroatoms. The molecule has 1 N–H and O–H groups in total. The Balaban J connectivity index is 1.49. The van der Waals surface area contributed by atoms with Crippen molar-refractivity contribution in [2.45, 2.75) is 19.8 Å². The molecule has 1 saturated heterocycles. The van der Waals surface area contributed by atoms with Crippen LogP contribution in [0.5, 0.6) is 11.6 Å². The van der Waals surface area contributed by atoms with Gasteiger partial charge in [-0.15, -0.1) is 0 Å². The van der Waals surface area contributed by atoms with Crippen LogP contribution in [0, 0.1) is 18.7 Å². The summed E-state index contributed by atoms with van der Waals surface area (Å²) in [5, 5.41) is 2.87. The predicted molar refractivity (Wildman–Crippen MR) is 113 cm³/mol. The highest BCUT2D eigenvalue weighted by atomic mass is 19.1. The van der Waals surface area contributed by atoms with Crippen molar-refractivity contribution in [3.05, 3.63) is 72.3 Å². The van der Waals surface area contributed by atoms with E-state index in [4.69, 9.17) is 4.74 Å². The second-order valence-electron chi connectivity index (χ2n) is 7.33. The Morgan fingerprint density at radius 1 is 1.13 bits per heavy atom. The molecule has 6 nitrogen and oxygen atoms in total. The number of hydrogen-bond donors (Lipinski definition) is 1. The first-order valence-electron chi connectivity index (χ1n) is 9.96. The fourth-order valence-corrected chi connectivity index (χ4v) is 3.54. The third kappa shape index (κ3) is 4.56. The second-order valence-corrected chi connectivity index (χ2v) is 7.33. The van der Waals surface area contributed by atoms with Crippen LogP contribution in [0.4, 0.5) is 15.9 Å². The molecule has 30 heavy (non-hydrogen) atoms. The second kappa shape index (κ2) is 8.90. The number of nitrogens with zero attached hydrogens (tertiary/aromatic N) is 3. The van der Waals surface area contributed by atoms with Crippen LogP contribution in [0.25, 0.3) is 0 Å². The van der Waals surface area contributed by atoms with E-state index in [1.54, 1.807) is 24.5 Å². The van der Waals surface area contributed by atoms with Crippen molar-refractivity contribution in [2.24, 2.45) is 5.92 Å². The molecule has 2 heterocycles. The molecule has 1 aliphatic rings. The monoisotopic (exact) mass is 406 g/mol. The SMILES string of the molecule is Cc1ccccc1Oc1nccnc1N1CCC[C@H](C(=O)Nc2ccc(F)cc2)C1. The number of hydrogen-bond acceptors (Lipinski definition) is 5. The number of aromatic nitrogens is 2. The van der Waals surface area contributed by atoms with E-state index >= 15 is 0 Å². The normalized spacial score (nSPS) is 16.2. The molecule has 1 atom stereocenters. The molecule has 0 spiro atoms. The number of halogens is 1. The summed E-state index contributed by atoms with van der Waals surface area (Å²) in [6, 6.07) is 13.5. The van der Waals surface area contributed by atoms with E-state index in [0.29, 0.717) is 23.9 Å². The van der Waals surface area contributed by atoms with Crippen molar-refractivity contribution in [2.75, 3.05) is 23.3 Å². The highest BCUT2D eigenvalue weighted by molar-refractivity contribution is 5.93. The first kappa shape index (κ1) is 19.8. The van der Waals surface area contributed by atoms with Crippen molar-refractivity contribution in [3.63, 3.8) is 0 Å². The Morgan fingerprint density at radius 2 is 1.90 bits per heavy atom. The van der Waals surface area contributed by atoms with Crippen LogP contribution >= 0.6 is 0 Å². The van der Waals surface area contributed by atoms with Crippen molar-refractivity contribution in [1.82, 2.24) is 9.97 Å². The number of piperidine rings is 1. The molecule has 0 radical (unpaired) electrons. The van der Waals surface area contributed by atoms with E-state index in [-0.39, 0.29) is 17.6 Å². The van der Waals surface area contributed by atoms with Gasteiger partial charge in [-0.2, -0.15) is 0 Å². The molecule has 0 unspecified atom stereocenters. The van der Waals surface area contributed by atoms with Gasteiger partial charge in [0, 0.05) is 31.2 Å². The van der Waals surface area contributed by atoms with Gasteiger partial charge in [0.25, 0.3) is 5.88 Å². The van der Waals surface area contributed by atoms with Gasteiger partial charge in [0.05, 0.1) is 5.92 Å². The van der Waals surface area contributed by atoms with Gasteiger partial charge in [-0.05, 0) is 55.7 Å². The molecule has 0 aliphatic carbocycles.